The van der Waals surface area contributed by atoms with Crippen molar-refractivity contribution in [1.82, 2.24) is 0 Å². The third-order valence-corrected chi connectivity index (χ3v) is 4.62. The summed E-state index contributed by atoms with van der Waals surface area (Å²) in [6, 6.07) is 9.22. The molecule has 1 unspecified atom stereocenters. The number of carboxylic acids is 1. The topological polar surface area (TPSA) is 46.5 Å². The van der Waals surface area contributed by atoms with E-state index in [4.69, 9.17) is 4.74 Å². The SMILES string of the molecule is CCCCCCCCCCCCCCC(Oc1ccccc1)C(=O)O. The van der Waals surface area contributed by atoms with Crippen LogP contribution in [0.25, 0.3) is 0 Å². The van der Waals surface area contributed by atoms with E-state index in [2.05, 4.69) is 6.92 Å². The van der Waals surface area contributed by atoms with Gasteiger partial charge in [-0.15, -0.1) is 0 Å². The molecule has 0 heterocycles. The van der Waals surface area contributed by atoms with E-state index in [9.17, 15) is 9.90 Å². The van der Waals surface area contributed by atoms with E-state index in [0.29, 0.717) is 12.2 Å². The number of aliphatic carboxylic acids is 1. The average molecular weight is 349 g/mol. The number of para-hydroxylation sites is 1. The van der Waals surface area contributed by atoms with Gasteiger partial charge in [0, 0.05) is 0 Å². The summed E-state index contributed by atoms with van der Waals surface area (Å²) in [5.41, 5.74) is 0. The Morgan fingerprint density at radius 3 is 1.80 bits per heavy atom. The van der Waals surface area contributed by atoms with Gasteiger partial charge in [-0.2, -0.15) is 0 Å². The quantitative estimate of drug-likeness (QED) is 0.342. The van der Waals surface area contributed by atoms with Crippen LogP contribution in [0.5, 0.6) is 5.75 Å². The third-order valence-electron chi connectivity index (χ3n) is 4.62. The Labute approximate surface area is 153 Å². The highest BCUT2D eigenvalue weighted by Crippen LogP contribution is 2.16. The maximum atomic E-state index is 11.3. The lowest BCUT2D eigenvalue weighted by molar-refractivity contribution is -0.145. The minimum absolute atomic E-state index is 0.585. The number of unbranched alkanes of at least 4 members (excludes halogenated alkanes) is 11. The van der Waals surface area contributed by atoms with Crippen LogP contribution in [0.4, 0.5) is 0 Å². The molecule has 0 aliphatic carbocycles. The Hall–Kier alpha value is -1.51. The molecule has 0 spiro atoms. The highest BCUT2D eigenvalue weighted by molar-refractivity contribution is 5.72. The fourth-order valence-electron chi connectivity index (χ4n) is 3.07. The van der Waals surface area contributed by atoms with Gasteiger partial charge in [0.15, 0.2) is 6.10 Å². The van der Waals surface area contributed by atoms with Crippen molar-refractivity contribution in [3.8, 4) is 5.75 Å². The molecule has 0 saturated carbocycles. The maximum absolute atomic E-state index is 11.3. The standard InChI is InChI=1S/C22H36O3/c1-2-3-4-5-6-7-8-9-10-11-12-16-19-21(22(23)24)25-20-17-14-13-15-18-20/h13-15,17-18,21H,2-12,16,19H2,1H3,(H,23,24). The van der Waals surface area contributed by atoms with E-state index in [0.717, 1.165) is 12.8 Å². The van der Waals surface area contributed by atoms with Gasteiger partial charge >= 0.3 is 5.97 Å². The highest BCUT2D eigenvalue weighted by Gasteiger charge is 2.18. The van der Waals surface area contributed by atoms with Crippen molar-refractivity contribution in [3.63, 3.8) is 0 Å². The summed E-state index contributed by atoms with van der Waals surface area (Å²) >= 11 is 0. The van der Waals surface area contributed by atoms with Gasteiger partial charge in [-0.3, -0.25) is 0 Å². The molecule has 3 heteroatoms. The fourth-order valence-corrected chi connectivity index (χ4v) is 3.07. The van der Waals surface area contributed by atoms with Crippen LogP contribution in [0.15, 0.2) is 30.3 Å². The molecule has 0 bridgehead atoms. The minimum Gasteiger partial charge on any atom is -0.479 e. The van der Waals surface area contributed by atoms with E-state index in [1.807, 2.05) is 18.2 Å². The first-order valence-electron chi connectivity index (χ1n) is 10.2. The molecule has 1 atom stereocenters. The Morgan fingerprint density at radius 1 is 0.840 bits per heavy atom. The molecule has 0 radical (unpaired) electrons. The molecule has 0 saturated heterocycles. The number of ether oxygens (including phenoxy) is 1. The molecule has 0 aliphatic heterocycles. The van der Waals surface area contributed by atoms with Gasteiger partial charge in [0.25, 0.3) is 0 Å². The molecule has 1 rings (SSSR count). The van der Waals surface area contributed by atoms with Crippen molar-refractivity contribution in [2.24, 2.45) is 0 Å². The predicted octanol–water partition coefficient (Wildman–Crippen LogP) is 6.61. The van der Waals surface area contributed by atoms with Crippen LogP contribution in [0, 0.1) is 0 Å². The van der Waals surface area contributed by atoms with Crippen molar-refractivity contribution in [2.45, 2.75) is 96.5 Å². The van der Waals surface area contributed by atoms with E-state index in [1.165, 1.54) is 64.2 Å². The van der Waals surface area contributed by atoms with Gasteiger partial charge in [0.1, 0.15) is 5.75 Å². The zero-order valence-corrected chi connectivity index (χ0v) is 15.9. The molecule has 0 fully saturated rings. The molecule has 0 aliphatic rings. The number of hydrogen-bond donors (Lipinski definition) is 1. The van der Waals surface area contributed by atoms with Crippen molar-refractivity contribution in [1.29, 1.82) is 0 Å². The van der Waals surface area contributed by atoms with Crippen LogP contribution >= 0.6 is 0 Å². The maximum Gasteiger partial charge on any atom is 0.344 e. The molecule has 1 aromatic rings. The summed E-state index contributed by atoms with van der Waals surface area (Å²) in [4.78, 5) is 11.3. The summed E-state index contributed by atoms with van der Waals surface area (Å²) in [5, 5.41) is 9.29. The Morgan fingerprint density at radius 2 is 1.32 bits per heavy atom. The number of benzene rings is 1. The van der Waals surface area contributed by atoms with Crippen molar-refractivity contribution in [2.75, 3.05) is 0 Å². The lowest BCUT2D eigenvalue weighted by atomic mass is 10.0. The van der Waals surface area contributed by atoms with Crippen molar-refractivity contribution >= 4 is 5.97 Å². The van der Waals surface area contributed by atoms with Crippen LogP contribution in [-0.2, 0) is 4.79 Å². The van der Waals surface area contributed by atoms with Gasteiger partial charge in [0.2, 0.25) is 0 Å². The van der Waals surface area contributed by atoms with Crippen molar-refractivity contribution in [3.05, 3.63) is 30.3 Å². The molecule has 3 nitrogen and oxygen atoms in total. The second-order valence-corrected chi connectivity index (χ2v) is 6.94. The summed E-state index contributed by atoms with van der Waals surface area (Å²) in [5.74, 6) is -0.235. The molecular weight excluding hydrogens is 312 g/mol. The number of hydrogen-bond acceptors (Lipinski definition) is 2. The minimum atomic E-state index is -0.869. The van der Waals surface area contributed by atoms with Crippen molar-refractivity contribution < 1.29 is 14.6 Å². The number of rotatable bonds is 16. The first-order chi connectivity index (χ1) is 12.2. The van der Waals surface area contributed by atoms with Crippen LogP contribution < -0.4 is 4.74 Å². The Balaban J connectivity index is 1.99. The van der Waals surface area contributed by atoms with E-state index in [1.54, 1.807) is 12.1 Å². The second-order valence-electron chi connectivity index (χ2n) is 6.94. The van der Waals surface area contributed by atoms with Crippen LogP contribution in [-0.4, -0.2) is 17.2 Å². The predicted molar refractivity (Wildman–Crippen MR) is 104 cm³/mol. The fraction of sp³-hybridized carbons (Fsp3) is 0.682. The number of carbonyl (C=O) groups is 1. The molecule has 1 aromatic carbocycles. The Kier molecular flexibility index (Phi) is 12.7. The van der Waals surface area contributed by atoms with Gasteiger partial charge in [0.05, 0.1) is 0 Å². The number of carboxylic acid groups (broad SMARTS) is 1. The molecule has 1 N–H and O–H groups in total. The molecular formula is C22H36O3. The lowest BCUT2D eigenvalue weighted by Gasteiger charge is -2.14. The van der Waals surface area contributed by atoms with E-state index < -0.39 is 12.1 Å². The van der Waals surface area contributed by atoms with E-state index in [-0.39, 0.29) is 0 Å². The Bertz CT molecular complexity index is 430. The van der Waals surface area contributed by atoms with Crippen LogP contribution in [0.1, 0.15) is 90.4 Å². The smallest absolute Gasteiger partial charge is 0.344 e. The molecule has 142 valence electrons. The first kappa shape index (κ1) is 21.5. The monoisotopic (exact) mass is 348 g/mol. The summed E-state index contributed by atoms with van der Waals surface area (Å²) in [6.07, 6.45) is 15.2. The third kappa shape index (κ3) is 11.6. The lowest BCUT2D eigenvalue weighted by Crippen LogP contribution is -2.26. The molecule has 25 heavy (non-hydrogen) atoms. The first-order valence-corrected chi connectivity index (χ1v) is 10.2. The summed E-state index contributed by atoms with van der Waals surface area (Å²) in [6.45, 7) is 2.26. The van der Waals surface area contributed by atoms with Gasteiger partial charge < -0.3 is 9.84 Å². The zero-order chi connectivity index (χ0) is 18.2. The average Bonchev–Trinajstić information content (AvgIpc) is 2.62. The van der Waals surface area contributed by atoms with Crippen LogP contribution in [0.2, 0.25) is 0 Å². The summed E-state index contributed by atoms with van der Waals surface area (Å²) < 4.78 is 5.58. The zero-order valence-electron chi connectivity index (χ0n) is 15.9. The second kappa shape index (κ2) is 14.8. The summed E-state index contributed by atoms with van der Waals surface area (Å²) in [7, 11) is 0. The van der Waals surface area contributed by atoms with Gasteiger partial charge in [-0.1, -0.05) is 95.8 Å². The van der Waals surface area contributed by atoms with E-state index >= 15 is 0 Å². The highest BCUT2D eigenvalue weighted by atomic mass is 16.5. The molecule has 0 aromatic heterocycles. The van der Waals surface area contributed by atoms with Gasteiger partial charge in [-0.25, -0.2) is 4.79 Å². The molecule has 0 amide bonds. The van der Waals surface area contributed by atoms with Gasteiger partial charge in [-0.05, 0) is 25.0 Å². The van der Waals surface area contributed by atoms with Crippen LogP contribution in [0.3, 0.4) is 0 Å². The largest absolute Gasteiger partial charge is 0.479 e. The normalized spacial score (nSPS) is 12.0.